The number of hydrogen-bond donors (Lipinski definition) is 0. The molecule has 2 saturated heterocycles. The molecule has 0 saturated carbocycles. The largest absolute Gasteiger partial charge is 0.459 e. The van der Waals surface area contributed by atoms with Crippen molar-refractivity contribution in [3.63, 3.8) is 0 Å². The van der Waals surface area contributed by atoms with Crippen LogP contribution in [-0.2, 0) is 54.6 Å². The van der Waals surface area contributed by atoms with Crippen LogP contribution in [0.1, 0.15) is 79.3 Å². The molecule has 0 aliphatic carbocycles. The molecule has 2 aliphatic heterocycles. The molecule has 2 aromatic heterocycles. The number of aryl methyl sites for hydroxylation is 1. The number of rotatable bonds is 10. The van der Waals surface area contributed by atoms with Crippen molar-refractivity contribution in [2.24, 2.45) is 0 Å². The topological polar surface area (TPSA) is 191 Å². The number of aromatic nitrogens is 4. The van der Waals surface area contributed by atoms with Gasteiger partial charge in [0.2, 0.25) is 0 Å². The van der Waals surface area contributed by atoms with Gasteiger partial charge in [-0.3, -0.25) is 24.5 Å². The Hall–Kier alpha value is -4.37. The lowest BCUT2D eigenvalue weighted by Crippen LogP contribution is -2.53. The minimum Gasteiger partial charge on any atom is -0.459 e. The van der Waals surface area contributed by atoms with Crippen LogP contribution in [0.2, 0.25) is 0 Å². The van der Waals surface area contributed by atoms with Crippen LogP contribution in [0.3, 0.4) is 0 Å². The lowest BCUT2D eigenvalue weighted by Gasteiger charge is -2.36. The van der Waals surface area contributed by atoms with E-state index in [9.17, 15) is 39.6 Å². The number of alkyl halides is 3. The second kappa shape index (κ2) is 19.4. The predicted molar refractivity (Wildman–Crippen MR) is 229 cm³/mol. The van der Waals surface area contributed by atoms with Gasteiger partial charge >= 0.3 is 18.1 Å². The summed E-state index contributed by atoms with van der Waals surface area (Å²) >= 11 is 3.23. The van der Waals surface area contributed by atoms with Crippen molar-refractivity contribution in [3.05, 3.63) is 83.6 Å². The SMILES string of the molecule is CC(C)(C)OC(=O)C1(S(=O)(=O)c2ccc(-c3cnc(Br)cn3)cc2)CCOCC1.CC(C)(C)OC(=O)C1(S(=O)(=O)c2ccc(-c3cnc(CCC(F)(F)F)cn3)cc2)CCOCC1. The number of hydrogen-bond acceptors (Lipinski definition) is 14. The normalized spacial score (nSPS) is 16.9. The number of carbonyl (C=O) groups excluding carboxylic acids is 2. The van der Waals surface area contributed by atoms with Crippen LogP contribution in [0, 0.1) is 0 Å². The molecule has 0 amide bonds. The lowest BCUT2D eigenvalue weighted by molar-refractivity contribution is -0.161. The van der Waals surface area contributed by atoms with Gasteiger partial charge in [0.25, 0.3) is 0 Å². The number of sulfone groups is 2. The van der Waals surface area contributed by atoms with E-state index in [1.807, 2.05) is 0 Å². The zero-order chi connectivity index (χ0) is 46.5. The summed E-state index contributed by atoms with van der Waals surface area (Å²) in [6, 6.07) is 12.1. The molecule has 4 aromatic rings. The molecule has 0 N–H and O–H groups in total. The summed E-state index contributed by atoms with van der Waals surface area (Å²) in [4.78, 5) is 42.6. The number of nitrogens with zero attached hydrogens (tertiary/aromatic N) is 4. The van der Waals surface area contributed by atoms with Gasteiger partial charge in [-0.2, -0.15) is 13.2 Å². The average Bonchev–Trinajstić information content (AvgIpc) is 3.22. The molecule has 14 nitrogen and oxygen atoms in total. The van der Waals surface area contributed by atoms with Gasteiger partial charge in [0.1, 0.15) is 15.8 Å². The van der Waals surface area contributed by atoms with E-state index in [1.165, 1.54) is 48.8 Å². The van der Waals surface area contributed by atoms with Crippen molar-refractivity contribution >= 4 is 47.5 Å². The van der Waals surface area contributed by atoms with Crippen LogP contribution in [0.25, 0.3) is 22.5 Å². The first-order valence-electron chi connectivity index (χ1n) is 20.0. The van der Waals surface area contributed by atoms with E-state index >= 15 is 0 Å². The Labute approximate surface area is 373 Å². The molecule has 0 radical (unpaired) electrons. The maximum absolute atomic E-state index is 13.6. The Balaban J connectivity index is 0.000000240. The molecule has 0 unspecified atom stereocenters. The van der Waals surface area contributed by atoms with E-state index in [1.54, 1.807) is 66.1 Å². The van der Waals surface area contributed by atoms with Gasteiger partial charge in [-0.25, -0.2) is 21.8 Å². The summed E-state index contributed by atoms with van der Waals surface area (Å²) in [5, 5.41) is 0. The molecule has 2 fully saturated rings. The van der Waals surface area contributed by atoms with E-state index in [-0.39, 0.29) is 74.0 Å². The third-order valence-electron chi connectivity index (χ3n) is 10.1. The maximum atomic E-state index is 13.6. The van der Waals surface area contributed by atoms with Gasteiger partial charge in [-0.1, -0.05) is 24.3 Å². The molecule has 0 spiro atoms. The summed E-state index contributed by atoms with van der Waals surface area (Å²) in [7, 11) is -8.12. The Morgan fingerprint density at radius 1 is 0.619 bits per heavy atom. The number of carbonyl (C=O) groups is 2. The molecular weight excluding hydrogens is 934 g/mol. The summed E-state index contributed by atoms with van der Waals surface area (Å²) in [5.41, 5.74) is 0.820. The fraction of sp³-hybridized carbons (Fsp3) is 0.488. The minimum absolute atomic E-state index is 0.0170. The molecule has 2 aromatic carbocycles. The Bertz CT molecular complexity index is 2430. The van der Waals surface area contributed by atoms with Crippen molar-refractivity contribution in [3.8, 4) is 22.5 Å². The Kier molecular flexibility index (Phi) is 15.3. The van der Waals surface area contributed by atoms with Crippen LogP contribution in [0.4, 0.5) is 13.2 Å². The number of ether oxygens (including phenoxy) is 4. The highest BCUT2D eigenvalue weighted by Crippen LogP contribution is 2.39. The number of benzene rings is 2. The third kappa shape index (κ3) is 12.1. The molecule has 0 atom stereocenters. The average molecular weight is 984 g/mol. The van der Waals surface area contributed by atoms with Gasteiger partial charge in [-0.05, 0) is 88.2 Å². The number of halogens is 4. The molecular formula is C43H50BrF3N4O10S2. The quantitative estimate of drug-likeness (QED) is 0.140. The molecule has 20 heteroatoms. The predicted octanol–water partition coefficient (Wildman–Crippen LogP) is 7.87. The lowest BCUT2D eigenvalue weighted by atomic mass is 9.99. The van der Waals surface area contributed by atoms with Gasteiger partial charge < -0.3 is 18.9 Å². The smallest absolute Gasteiger partial charge is 0.389 e. The molecule has 0 bridgehead atoms. The summed E-state index contributed by atoms with van der Waals surface area (Å²) in [6.07, 6.45) is 0.322. The van der Waals surface area contributed by atoms with Crippen molar-refractivity contribution in [1.82, 2.24) is 19.9 Å². The van der Waals surface area contributed by atoms with Crippen molar-refractivity contribution in [2.75, 3.05) is 26.4 Å². The van der Waals surface area contributed by atoms with Crippen molar-refractivity contribution in [2.45, 2.75) is 117 Å². The first-order valence-corrected chi connectivity index (χ1v) is 23.7. The first kappa shape index (κ1) is 49.6. The number of esters is 2. The second-order valence-electron chi connectivity index (χ2n) is 17.0. The van der Waals surface area contributed by atoms with Gasteiger partial charge in [0.05, 0.1) is 45.5 Å². The molecule has 2 aliphatic rings. The second-order valence-corrected chi connectivity index (χ2v) is 22.3. The van der Waals surface area contributed by atoms with Gasteiger partial charge in [-0.15, -0.1) is 0 Å². The summed E-state index contributed by atoms with van der Waals surface area (Å²) in [6.45, 7) is 10.8. The van der Waals surface area contributed by atoms with Crippen molar-refractivity contribution in [1.29, 1.82) is 0 Å². The zero-order valence-corrected chi connectivity index (χ0v) is 38.9. The minimum atomic E-state index is -4.28. The monoisotopic (exact) mass is 982 g/mol. The molecule has 63 heavy (non-hydrogen) atoms. The van der Waals surface area contributed by atoms with Gasteiger partial charge in [0, 0.05) is 75.9 Å². The van der Waals surface area contributed by atoms with Crippen LogP contribution in [0.15, 0.2) is 87.7 Å². The van der Waals surface area contributed by atoms with Crippen LogP contribution in [0.5, 0.6) is 0 Å². The van der Waals surface area contributed by atoms with Crippen molar-refractivity contribution < 1.29 is 58.5 Å². The summed E-state index contributed by atoms with van der Waals surface area (Å²) < 4.78 is 110. The highest BCUT2D eigenvalue weighted by atomic mass is 79.9. The van der Waals surface area contributed by atoms with Crippen LogP contribution < -0.4 is 0 Å². The van der Waals surface area contributed by atoms with E-state index in [4.69, 9.17) is 18.9 Å². The molecule has 342 valence electrons. The fourth-order valence-corrected chi connectivity index (χ4v) is 10.8. The summed E-state index contributed by atoms with van der Waals surface area (Å²) in [5.74, 6) is -1.52. The fourth-order valence-electron chi connectivity index (χ4n) is 6.73. The molecule has 6 rings (SSSR count). The molecule has 4 heterocycles. The van der Waals surface area contributed by atoms with E-state index < -0.39 is 64.9 Å². The van der Waals surface area contributed by atoms with E-state index in [0.29, 0.717) is 21.6 Å². The highest BCUT2D eigenvalue weighted by molar-refractivity contribution is 9.10. The Morgan fingerprint density at radius 2 is 1.00 bits per heavy atom. The Morgan fingerprint density at radius 3 is 1.32 bits per heavy atom. The highest BCUT2D eigenvalue weighted by Gasteiger charge is 2.55. The van der Waals surface area contributed by atoms with E-state index in [2.05, 4.69) is 35.9 Å². The maximum Gasteiger partial charge on any atom is 0.389 e. The van der Waals surface area contributed by atoms with E-state index in [0.717, 1.165) is 5.56 Å². The standard InChI is InChI=1S/C23H27F3N2O5S.C20H23BrN2O5S/c1-21(2,3)33-20(29)22(10-12-32-13-11-22)34(30,31)18-6-4-16(5-7-18)19-15-27-17(14-28-19)8-9-23(24,25)26;1-19(2,3)28-18(24)20(8-10-27-11-9-20)29(25,26)15-6-4-14(5-7-15)16-12-23-17(21)13-22-16/h4-7,14-15H,8-13H2,1-3H3;4-7,12-13H,8-11H2,1-3H3. The van der Waals surface area contributed by atoms with Crippen LogP contribution >= 0.6 is 15.9 Å². The zero-order valence-electron chi connectivity index (χ0n) is 35.7. The first-order chi connectivity index (χ1) is 29.3. The third-order valence-corrected chi connectivity index (χ3v) is 15.5. The van der Waals surface area contributed by atoms with Gasteiger partial charge in [0.15, 0.2) is 29.2 Å². The van der Waals surface area contributed by atoms with Crippen LogP contribution in [-0.4, -0.2) is 102 Å².